The summed E-state index contributed by atoms with van der Waals surface area (Å²) in [7, 11) is -2.63. The number of hydrazone groups is 1. The van der Waals surface area contributed by atoms with Gasteiger partial charge in [-0.15, -0.1) is 0 Å². The van der Waals surface area contributed by atoms with Gasteiger partial charge in [-0.1, -0.05) is 49.7 Å². The van der Waals surface area contributed by atoms with Gasteiger partial charge in [-0.05, 0) is 73.2 Å². The molecule has 0 fully saturated rings. The highest BCUT2D eigenvalue weighted by Crippen LogP contribution is 2.42. The largest absolute Gasteiger partial charge is 0.493 e. The van der Waals surface area contributed by atoms with E-state index in [4.69, 9.17) is 13.7 Å². The van der Waals surface area contributed by atoms with Crippen LogP contribution < -0.4 is 14.3 Å². The zero-order valence-electron chi connectivity index (χ0n) is 24.2. The average Bonchev–Trinajstić information content (AvgIpc) is 3.38. The topological polar surface area (TPSA) is 119 Å². The summed E-state index contributed by atoms with van der Waals surface area (Å²) in [5.41, 5.74) is 7.87. The van der Waals surface area contributed by atoms with Crippen molar-refractivity contribution in [3.05, 3.63) is 88.6 Å². The van der Waals surface area contributed by atoms with Gasteiger partial charge in [0.1, 0.15) is 10.5 Å². The van der Waals surface area contributed by atoms with E-state index in [1.165, 1.54) is 48.0 Å². The van der Waals surface area contributed by atoms with Crippen molar-refractivity contribution in [1.29, 1.82) is 0 Å². The molecular weight excluding hydrogens is 554 g/mol. The number of nitrogens with zero attached hydrogens (tertiary/aromatic N) is 1. The van der Waals surface area contributed by atoms with Crippen molar-refractivity contribution in [2.45, 2.75) is 57.0 Å². The molecule has 0 saturated carbocycles. The molecule has 0 bridgehead atoms. The van der Waals surface area contributed by atoms with Crippen molar-refractivity contribution in [2.24, 2.45) is 5.10 Å². The first-order valence-electron chi connectivity index (χ1n) is 14.0. The number of methoxy groups -OCH3 is 1. The van der Waals surface area contributed by atoms with E-state index in [1.807, 2.05) is 13.8 Å². The maximum Gasteiger partial charge on any atom is 0.339 e. The number of aromatic nitrogens is 1. The lowest BCUT2D eigenvalue weighted by molar-refractivity contribution is -0.132. The number of benzene rings is 3. The number of H-pyrrole nitrogens is 1. The normalized spacial score (nSPS) is 16.9. The number of hydrogen-bond acceptors (Lipinski definition) is 7. The second kappa shape index (κ2) is 12.0. The monoisotopic (exact) mass is 589 g/mol. The molecule has 0 radical (unpaired) electrons. The van der Waals surface area contributed by atoms with Gasteiger partial charge in [-0.2, -0.15) is 13.5 Å². The Hall–Kier alpha value is -4.15. The maximum absolute atomic E-state index is 13.1. The predicted octanol–water partition coefficient (Wildman–Crippen LogP) is 5.53. The van der Waals surface area contributed by atoms with Crippen molar-refractivity contribution >= 4 is 33.1 Å². The van der Waals surface area contributed by atoms with Gasteiger partial charge in [0.05, 0.1) is 32.0 Å². The van der Waals surface area contributed by atoms with E-state index in [0.29, 0.717) is 18.6 Å². The number of ether oxygens (including phenoxy) is 2. The molecule has 0 aliphatic carbocycles. The van der Waals surface area contributed by atoms with Crippen LogP contribution in [0.15, 0.2) is 70.7 Å². The Balaban J connectivity index is 1.29. The lowest BCUT2D eigenvalue weighted by Crippen LogP contribution is -2.39. The average molecular weight is 590 g/mol. The molecule has 1 aromatic heterocycles. The van der Waals surface area contributed by atoms with Crippen molar-refractivity contribution in [1.82, 2.24) is 10.4 Å². The summed E-state index contributed by atoms with van der Waals surface area (Å²) in [6, 6.07) is 17.4. The Morgan fingerprint density at radius 3 is 2.62 bits per heavy atom. The third kappa shape index (κ3) is 5.77. The van der Waals surface area contributed by atoms with Crippen LogP contribution >= 0.6 is 0 Å². The minimum Gasteiger partial charge on any atom is -0.493 e. The summed E-state index contributed by atoms with van der Waals surface area (Å²) in [6.07, 6.45) is 3.88. The SMILES string of the molecule is CCc1cccc2c3c([nH]c12)C(CC)(CC(=O)NN=Cc1ccc(OS(=O)(=O)c2ccc(C)cc2)c(OC)c1)OCC3. The van der Waals surface area contributed by atoms with Crippen LogP contribution in [0.2, 0.25) is 0 Å². The minimum absolute atomic E-state index is 0.0407. The fourth-order valence-electron chi connectivity index (χ4n) is 5.42. The van der Waals surface area contributed by atoms with Gasteiger partial charge >= 0.3 is 10.1 Å². The van der Waals surface area contributed by atoms with Gasteiger partial charge in [0.25, 0.3) is 0 Å². The molecule has 2 N–H and O–H groups in total. The molecule has 1 aliphatic rings. The molecule has 42 heavy (non-hydrogen) atoms. The van der Waals surface area contributed by atoms with Gasteiger partial charge in [0.2, 0.25) is 5.91 Å². The summed E-state index contributed by atoms with van der Waals surface area (Å²) in [5.74, 6) is -0.0373. The molecule has 3 aromatic carbocycles. The number of aryl methyl sites for hydroxylation is 2. The number of fused-ring (bicyclic) bond motifs is 3. The fourth-order valence-corrected chi connectivity index (χ4v) is 6.36. The third-order valence-electron chi connectivity index (χ3n) is 7.71. The van der Waals surface area contributed by atoms with Crippen LogP contribution in [-0.4, -0.2) is 39.2 Å². The summed E-state index contributed by atoms with van der Waals surface area (Å²) < 4.78 is 42.4. The van der Waals surface area contributed by atoms with Gasteiger partial charge < -0.3 is 18.6 Å². The second-order valence-corrected chi connectivity index (χ2v) is 11.9. The highest BCUT2D eigenvalue weighted by atomic mass is 32.2. The minimum atomic E-state index is -4.05. The molecule has 1 atom stereocenters. The van der Waals surface area contributed by atoms with Crippen molar-refractivity contribution in [3.63, 3.8) is 0 Å². The van der Waals surface area contributed by atoms with Gasteiger partial charge in [0.15, 0.2) is 11.5 Å². The molecule has 9 nitrogen and oxygen atoms in total. The molecule has 4 aromatic rings. The van der Waals surface area contributed by atoms with Crippen LogP contribution in [0.4, 0.5) is 0 Å². The Bertz CT molecular complexity index is 1740. The van der Waals surface area contributed by atoms with Gasteiger partial charge in [0, 0.05) is 10.9 Å². The number of rotatable bonds is 10. The van der Waals surface area contributed by atoms with E-state index >= 15 is 0 Å². The van der Waals surface area contributed by atoms with E-state index in [9.17, 15) is 13.2 Å². The number of carbonyl (C=O) groups is 1. The third-order valence-corrected chi connectivity index (χ3v) is 8.96. The van der Waals surface area contributed by atoms with Crippen molar-refractivity contribution in [2.75, 3.05) is 13.7 Å². The first-order valence-corrected chi connectivity index (χ1v) is 15.4. The second-order valence-electron chi connectivity index (χ2n) is 10.3. The molecule has 1 unspecified atom stereocenters. The number of carbonyl (C=O) groups excluding carboxylic acids is 1. The number of amides is 1. The molecule has 5 rings (SSSR count). The number of hydrogen-bond donors (Lipinski definition) is 2. The van der Waals surface area contributed by atoms with Crippen molar-refractivity contribution < 1.29 is 26.9 Å². The predicted molar refractivity (Wildman–Crippen MR) is 162 cm³/mol. The summed E-state index contributed by atoms with van der Waals surface area (Å²) >= 11 is 0. The Kier molecular flexibility index (Phi) is 8.38. The highest BCUT2D eigenvalue weighted by molar-refractivity contribution is 7.87. The van der Waals surface area contributed by atoms with Crippen molar-refractivity contribution in [3.8, 4) is 11.5 Å². The molecular formula is C32H35N3O6S. The summed E-state index contributed by atoms with van der Waals surface area (Å²) in [5, 5.41) is 5.32. The van der Waals surface area contributed by atoms with Crippen LogP contribution in [0.25, 0.3) is 10.9 Å². The molecule has 10 heteroatoms. The standard InChI is InChI=1S/C32H35N3O6S/c1-5-23-8-7-9-25-26-16-17-40-32(6-2,31(26)34-30(23)25)19-29(36)35-33-20-22-12-15-27(28(18-22)39-4)41-42(37,38)24-13-10-21(3)11-14-24/h7-15,18,20,34H,5-6,16-17,19H2,1-4H3,(H,35,36). The lowest BCUT2D eigenvalue weighted by Gasteiger charge is -2.36. The smallest absolute Gasteiger partial charge is 0.339 e. The molecule has 220 valence electrons. The zero-order valence-corrected chi connectivity index (χ0v) is 25.0. The molecule has 1 amide bonds. The Morgan fingerprint density at radius 2 is 1.90 bits per heavy atom. The van der Waals surface area contributed by atoms with E-state index in [0.717, 1.165) is 29.6 Å². The number of para-hydroxylation sites is 1. The fraction of sp³-hybridized carbons (Fsp3) is 0.312. The van der Waals surface area contributed by atoms with E-state index < -0.39 is 15.7 Å². The van der Waals surface area contributed by atoms with Crippen LogP contribution in [0, 0.1) is 6.92 Å². The maximum atomic E-state index is 13.1. The van der Waals surface area contributed by atoms with Crippen LogP contribution in [-0.2, 0) is 38.1 Å². The summed E-state index contributed by atoms with van der Waals surface area (Å²) in [6.45, 7) is 6.56. The molecule has 0 spiro atoms. The number of aromatic amines is 1. The van der Waals surface area contributed by atoms with E-state index in [2.05, 4.69) is 40.6 Å². The Morgan fingerprint density at radius 1 is 1.12 bits per heavy atom. The lowest BCUT2D eigenvalue weighted by atomic mass is 9.86. The molecule has 0 saturated heterocycles. The first kappa shape index (κ1) is 29.3. The summed E-state index contributed by atoms with van der Waals surface area (Å²) in [4.78, 5) is 16.7. The van der Waals surface area contributed by atoms with Gasteiger partial charge in [-0.3, -0.25) is 4.79 Å². The first-order chi connectivity index (χ1) is 20.2. The molecule has 1 aliphatic heterocycles. The zero-order chi connectivity index (χ0) is 29.9. The number of nitrogens with one attached hydrogen (secondary N) is 2. The highest BCUT2D eigenvalue weighted by Gasteiger charge is 2.41. The van der Waals surface area contributed by atoms with Crippen LogP contribution in [0.5, 0.6) is 11.5 Å². The Labute approximate surface area is 246 Å². The van der Waals surface area contributed by atoms with E-state index in [1.54, 1.807) is 24.3 Å². The molecule has 2 heterocycles. The van der Waals surface area contributed by atoms with Crippen LogP contribution in [0.3, 0.4) is 0 Å². The van der Waals surface area contributed by atoms with Gasteiger partial charge in [-0.25, -0.2) is 5.43 Å². The van der Waals surface area contributed by atoms with Crippen LogP contribution in [0.1, 0.15) is 54.6 Å². The quantitative estimate of drug-likeness (QED) is 0.143. The van der Waals surface area contributed by atoms with E-state index in [-0.39, 0.29) is 28.7 Å².